The number of allylic oxidation sites excluding steroid dienone is 9. The van der Waals surface area contributed by atoms with Crippen molar-refractivity contribution >= 4 is 11.5 Å². The monoisotopic (exact) mass is 466 g/mol. The Morgan fingerprint density at radius 1 is 1.39 bits per heavy atom. The van der Waals surface area contributed by atoms with Gasteiger partial charge in [-0.2, -0.15) is 18.3 Å². The van der Waals surface area contributed by atoms with Gasteiger partial charge in [0.1, 0.15) is 17.5 Å². The second-order valence-electron chi connectivity index (χ2n) is 8.63. The van der Waals surface area contributed by atoms with E-state index >= 15 is 0 Å². The Morgan fingerprint density at radius 3 is 2.76 bits per heavy atom. The van der Waals surface area contributed by atoms with Crippen molar-refractivity contribution < 1.29 is 22.4 Å². The first kappa shape index (κ1) is 26.8. The highest BCUT2D eigenvalue weighted by Gasteiger charge is 2.43. The molecule has 0 saturated carbocycles. The van der Waals surface area contributed by atoms with Gasteiger partial charge in [-0.25, -0.2) is 4.39 Å². The quantitative estimate of drug-likeness (QED) is 0.242. The zero-order valence-corrected chi connectivity index (χ0v) is 19.4. The van der Waals surface area contributed by atoms with Crippen LogP contribution >= 0.6 is 0 Å². The van der Waals surface area contributed by atoms with Crippen LogP contribution in [0.4, 0.5) is 17.6 Å². The standard InChI is InChI=1S/C26H34F4N2O/c1-4-8-18(9-5-2)25-17-21(31-32-25)11-7-12-22(33)15-19(10-6-3)20-13-14-23(24(27)16-20)26(28,29)30/h4-5,8-9,13,16,19,21,23,31H,1,6-7,10-12,14-15,17H2,2-3H3/b9-5-,18-8+. The van der Waals surface area contributed by atoms with Crippen LogP contribution in [0.15, 0.2) is 65.1 Å². The van der Waals surface area contributed by atoms with Gasteiger partial charge >= 0.3 is 6.18 Å². The van der Waals surface area contributed by atoms with Crippen LogP contribution < -0.4 is 5.43 Å². The van der Waals surface area contributed by atoms with Crippen molar-refractivity contribution in [1.29, 1.82) is 0 Å². The van der Waals surface area contributed by atoms with E-state index in [1.807, 2.05) is 32.1 Å². The number of halogens is 4. The molecule has 0 bridgehead atoms. The molecular formula is C26H34F4N2O. The summed E-state index contributed by atoms with van der Waals surface area (Å²) >= 11 is 0. The van der Waals surface area contributed by atoms with E-state index in [4.69, 9.17) is 0 Å². The third-order valence-electron chi connectivity index (χ3n) is 6.01. The van der Waals surface area contributed by atoms with Crippen LogP contribution in [-0.2, 0) is 4.79 Å². The van der Waals surface area contributed by atoms with Crippen molar-refractivity contribution in [2.45, 2.75) is 77.4 Å². The van der Waals surface area contributed by atoms with Crippen LogP contribution in [0.1, 0.15) is 65.2 Å². The Kier molecular flexibility index (Phi) is 10.3. The van der Waals surface area contributed by atoms with Crippen molar-refractivity contribution in [2.24, 2.45) is 16.9 Å². The number of hydrazone groups is 1. The zero-order valence-electron chi connectivity index (χ0n) is 19.4. The lowest BCUT2D eigenvalue weighted by Crippen LogP contribution is -2.25. The third-order valence-corrected chi connectivity index (χ3v) is 6.01. The Labute approximate surface area is 194 Å². The first-order valence-electron chi connectivity index (χ1n) is 11.6. The second-order valence-corrected chi connectivity index (χ2v) is 8.63. The summed E-state index contributed by atoms with van der Waals surface area (Å²) in [5.41, 5.74) is 5.62. The van der Waals surface area contributed by atoms with Crippen LogP contribution in [0, 0.1) is 11.8 Å². The van der Waals surface area contributed by atoms with E-state index < -0.39 is 24.3 Å². The van der Waals surface area contributed by atoms with Crippen LogP contribution in [-0.4, -0.2) is 23.7 Å². The Bertz CT molecular complexity index is 849. The van der Waals surface area contributed by atoms with Crippen molar-refractivity contribution in [1.82, 2.24) is 5.43 Å². The molecule has 1 heterocycles. The number of Topliss-reactive ketones (excluding diaryl/α,β-unsaturated/α-hetero) is 1. The minimum absolute atomic E-state index is 0.0569. The molecule has 7 heteroatoms. The van der Waals surface area contributed by atoms with E-state index in [1.165, 1.54) is 6.08 Å². The molecule has 2 aliphatic rings. The fourth-order valence-corrected chi connectivity index (χ4v) is 4.31. The maximum atomic E-state index is 14.1. The highest BCUT2D eigenvalue weighted by atomic mass is 19.4. The highest BCUT2D eigenvalue weighted by Crippen LogP contribution is 2.40. The Morgan fingerprint density at radius 2 is 2.15 bits per heavy atom. The van der Waals surface area contributed by atoms with E-state index in [0.29, 0.717) is 24.8 Å². The Balaban J connectivity index is 1.84. The van der Waals surface area contributed by atoms with Gasteiger partial charge < -0.3 is 5.43 Å². The van der Waals surface area contributed by atoms with Gasteiger partial charge in [0.2, 0.25) is 0 Å². The van der Waals surface area contributed by atoms with Crippen molar-refractivity contribution in [3.63, 3.8) is 0 Å². The van der Waals surface area contributed by atoms with Gasteiger partial charge in [-0.15, -0.1) is 0 Å². The lowest BCUT2D eigenvalue weighted by Gasteiger charge is -2.25. The smallest absolute Gasteiger partial charge is 0.306 e. The predicted octanol–water partition coefficient (Wildman–Crippen LogP) is 7.30. The summed E-state index contributed by atoms with van der Waals surface area (Å²) in [5.74, 6) is -3.41. The molecule has 1 N–H and O–H groups in total. The molecule has 0 aromatic rings. The number of hydrogen-bond donors (Lipinski definition) is 1. The molecule has 0 radical (unpaired) electrons. The van der Waals surface area contributed by atoms with Gasteiger partial charge in [0, 0.05) is 25.3 Å². The minimum atomic E-state index is -4.59. The van der Waals surface area contributed by atoms with Gasteiger partial charge in [-0.1, -0.05) is 50.3 Å². The molecule has 0 spiro atoms. The number of ketones is 1. The molecule has 2 rings (SSSR count). The fraction of sp³-hybridized carbons (Fsp3) is 0.538. The van der Waals surface area contributed by atoms with E-state index in [-0.39, 0.29) is 24.2 Å². The molecule has 1 aliphatic heterocycles. The lowest BCUT2D eigenvalue weighted by atomic mass is 9.83. The summed E-state index contributed by atoms with van der Waals surface area (Å²) in [7, 11) is 0. The maximum absolute atomic E-state index is 14.1. The average molecular weight is 467 g/mol. The van der Waals surface area contributed by atoms with Gasteiger partial charge in [-0.05, 0) is 55.7 Å². The third kappa shape index (κ3) is 8.13. The van der Waals surface area contributed by atoms with Crippen molar-refractivity contribution in [2.75, 3.05) is 0 Å². The topological polar surface area (TPSA) is 41.5 Å². The van der Waals surface area contributed by atoms with Crippen LogP contribution in [0.25, 0.3) is 0 Å². The van der Waals surface area contributed by atoms with Gasteiger partial charge in [0.25, 0.3) is 0 Å². The molecular weight excluding hydrogens is 432 g/mol. The summed E-state index contributed by atoms with van der Waals surface area (Å²) in [6.07, 6.45) is 9.31. The molecule has 0 saturated heterocycles. The number of nitrogens with zero attached hydrogens (tertiary/aromatic N) is 1. The van der Waals surface area contributed by atoms with E-state index in [1.54, 1.807) is 6.08 Å². The van der Waals surface area contributed by atoms with Crippen molar-refractivity contribution in [3.05, 3.63) is 60.0 Å². The summed E-state index contributed by atoms with van der Waals surface area (Å²) in [4.78, 5) is 12.6. The molecule has 3 atom stereocenters. The number of alkyl halides is 3. The maximum Gasteiger partial charge on any atom is 0.398 e. The molecule has 0 aromatic carbocycles. The lowest BCUT2D eigenvalue weighted by molar-refractivity contribution is -0.167. The SMILES string of the molecule is C=C/C=C(\C=C/C)C1=NNC(CCCC(=O)CC(CCC)C2=CCC(C(F)(F)F)C(F)=C2)C1. The van der Waals surface area contributed by atoms with E-state index in [9.17, 15) is 22.4 Å². The number of nitrogens with one attached hydrogen (secondary N) is 1. The zero-order chi connectivity index (χ0) is 24.4. The number of carbonyl (C=O) groups excluding carboxylic acids is 1. The molecule has 3 nitrogen and oxygen atoms in total. The molecule has 0 amide bonds. The molecule has 33 heavy (non-hydrogen) atoms. The first-order chi connectivity index (χ1) is 15.7. The number of hydrogen-bond acceptors (Lipinski definition) is 3. The predicted molar refractivity (Wildman–Crippen MR) is 125 cm³/mol. The molecule has 1 aliphatic carbocycles. The average Bonchev–Trinajstić information content (AvgIpc) is 3.21. The number of rotatable bonds is 12. The Hall–Kier alpha value is -2.44. The molecule has 3 unspecified atom stereocenters. The molecule has 0 fully saturated rings. The van der Waals surface area contributed by atoms with E-state index in [0.717, 1.165) is 36.6 Å². The van der Waals surface area contributed by atoms with E-state index in [2.05, 4.69) is 17.1 Å². The number of carbonyl (C=O) groups is 1. The fourth-order valence-electron chi connectivity index (χ4n) is 4.31. The molecule has 0 aromatic heterocycles. The largest absolute Gasteiger partial charge is 0.398 e. The highest BCUT2D eigenvalue weighted by molar-refractivity contribution is 6.03. The van der Waals surface area contributed by atoms with Gasteiger partial charge in [-0.3, -0.25) is 4.79 Å². The van der Waals surface area contributed by atoms with Crippen molar-refractivity contribution in [3.8, 4) is 0 Å². The van der Waals surface area contributed by atoms with Crippen LogP contribution in [0.5, 0.6) is 0 Å². The second kappa shape index (κ2) is 12.7. The first-order valence-corrected chi connectivity index (χ1v) is 11.6. The normalized spacial score (nSPS) is 22.5. The summed E-state index contributed by atoms with van der Waals surface area (Å²) in [6.45, 7) is 7.62. The van der Waals surface area contributed by atoms with Gasteiger partial charge in [0.15, 0.2) is 0 Å². The van der Waals surface area contributed by atoms with Crippen LogP contribution in [0.2, 0.25) is 0 Å². The summed E-state index contributed by atoms with van der Waals surface area (Å²) in [5, 5.41) is 4.40. The summed E-state index contributed by atoms with van der Waals surface area (Å²) in [6, 6.07) is 0.162. The van der Waals surface area contributed by atoms with Crippen LogP contribution in [0.3, 0.4) is 0 Å². The molecule has 182 valence electrons. The summed E-state index contributed by atoms with van der Waals surface area (Å²) < 4.78 is 52.8. The minimum Gasteiger partial charge on any atom is -0.306 e. The van der Waals surface area contributed by atoms with Gasteiger partial charge in [0.05, 0.1) is 5.71 Å².